The number of hydrogen-bond donors (Lipinski definition) is 1. The second kappa shape index (κ2) is 6.71. The van der Waals surface area contributed by atoms with Crippen molar-refractivity contribution in [2.24, 2.45) is 0 Å². The van der Waals surface area contributed by atoms with E-state index in [0.29, 0.717) is 6.42 Å². The Morgan fingerprint density at radius 1 is 1.32 bits per heavy atom. The molecule has 3 nitrogen and oxygen atoms in total. The van der Waals surface area contributed by atoms with Crippen molar-refractivity contribution in [3.8, 4) is 0 Å². The van der Waals surface area contributed by atoms with Gasteiger partial charge in [-0.15, -0.1) is 0 Å². The maximum absolute atomic E-state index is 12.1. The van der Waals surface area contributed by atoms with Crippen LogP contribution in [0, 0.1) is 0 Å². The van der Waals surface area contributed by atoms with E-state index < -0.39 is 0 Å². The first kappa shape index (κ1) is 14.1. The number of hydrogen-bond acceptors (Lipinski definition) is 2. The summed E-state index contributed by atoms with van der Waals surface area (Å²) in [6.07, 6.45) is 4.33. The molecule has 3 heteroatoms. The van der Waals surface area contributed by atoms with Crippen LogP contribution in [-0.2, 0) is 17.6 Å². The summed E-state index contributed by atoms with van der Waals surface area (Å²) >= 11 is 0. The van der Waals surface area contributed by atoms with E-state index in [0.717, 1.165) is 32.2 Å². The average Bonchev–Trinajstić information content (AvgIpc) is 2.93. The molecule has 1 amide bonds. The number of amides is 1. The van der Waals surface area contributed by atoms with Gasteiger partial charge in [-0.2, -0.15) is 0 Å². The number of aliphatic hydroxyl groups is 1. The van der Waals surface area contributed by atoms with Gasteiger partial charge in [-0.1, -0.05) is 31.2 Å². The molecule has 19 heavy (non-hydrogen) atoms. The summed E-state index contributed by atoms with van der Waals surface area (Å²) in [4.78, 5) is 14.0. The molecule has 0 radical (unpaired) electrons. The first-order valence-corrected chi connectivity index (χ1v) is 7.22. The van der Waals surface area contributed by atoms with Gasteiger partial charge in [-0.3, -0.25) is 4.79 Å². The van der Waals surface area contributed by atoms with Gasteiger partial charge in [0.05, 0.1) is 12.6 Å². The largest absolute Gasteiger partial charge is 0.394 e. The molecule has 1 aromatic carbocycles. The number of rotatable bonds is 5. The summed E-state index contributed by atoms with van der Waals surface area (Å²) in [5.74, 6) is 0.177. The fraction of sp³-hybridized carbons (Fsp3) is 0.562. The molecule has 2 rings (SSSR count). The Balaban J connectivity index is 1.85. The number of carbonyl (C=O) groups excluding carboxylic acids is 1. The third-order valence-electron chi connectivity index (χ3n) is 3.97. The van der Waals surface area contributed by atoms with E-state index in [1.54, 1.807) is 0 Å². The molecule has 0 aliphatic carbocycles. The minimum atomic E-state index is 0.0509. The van der Waals surface area contributed by atoms with Gasteiger partial charge in [0, 0.05) is 13.0 Å². The molecule has 0 saturated carbocycles. The Bertz CT molecular complexity index is 413. The number of benzene rings is 1. The third kappa shape index (κ3) is 3.57. The van der Waals surface area contributed by atoms with Crippen LogP contribution < -0.4 is 0 Å². The zero-order valence-corrected chi connectivity index (χ0v) is 11.6. The summed E-state index contributed by atoms with van der Waals surface area (Å²) in [7, 11) is 0. The van der Waals surface area contributed by atoms with Gasteiger partial charge in [0.2, 0.25) is 5.91 Å². The summed E-state index contributed by atoms with van der Waals surface area (Å²) in [6, 6.07) is 8.53. The van der Waals surface area contributed by atoms with E-state index in [1.807, 2.05) is 4.90 Å². The third-order valence-corrected chi connectivity index (χ3v) is 3.97. The molecule has 0 aromatic heterocycles. The first-order valence-electron chi connectivity index (χ1n) is 7.22. The topological polar surface area (TPSA) is 40.5 Å². The number of nitrogens with zero attached hydrogens (tertiary/aromatic N) is 1. The molecule has 1 aliphatic rings. The van der Waals surface area contributed by atoms with E-state index in [2.05, 4.69) is 31.2 Å². The lowest BCUT2D eigenvalue weighted by Gasteiger charge is -2.23. The average molecular weight is 261 g/mol. The predicted molar refractivity (Wildman–Crippen MR) is 76.0 cm³/mol. The lowest BCUT2D eigenvalue weighted by atomic mass is 10.1. The molecule has 0 unspecified atom stereocenters. The molecule has 1 saturated heterocycles. The molecular formula is C16H23NO2. The van der Waals surface area contributed by atoms with Crippen LogP contribution in [0.4, 0.5) is 0 Å². The molecule has 1 aromatic rings. The standard InChI is InChI=1S/C16H23NO2/c1-2-13-5-7-14(8-6-13)9-10-16(19)17-11-3-4-15(17)12-18/h5-8,15,18H,2-4,9-12H2,1H3/t15-/m1/s1. The van der Waals surface area contributed by atoms with Crippen molar-refractivity contribution in [1.82, 2.24) is 4.90 Å². The Labute approximate surface area is 115 Å². The molecule has 104 valence electrons. The monoisotopic (exact) mass is 261 g/mol. The smallest absolute Gasteiger partial charge is 0.223 e. The van der Waals surface area contributed by atoms with Crippen LogP contribution in [0.3, 0.4) is 0 Å². The normalized spacial score (nSPS) is 18.8. The highest BCUT2D eigenvalue weighted by Gasteiger charge is 2.27. The lowest BCUT2D eigenvalue weighted by Crippen LogP contribution is -2.37. The minimum absolute atomic E-state index is 0.0509. The zero-order valence-electron chi connectivity index (χ0n) is 11.6. The SMILES string of the molecule is CCc1ccc(CCC(=O)N2CCC[C@@H]2CO)cc1. The van der Waals surface area contributed by atoms with Gasteiger partial charge in [-0.25, -0.2) is 0 Å². The second-order valence-electron chi connectivity index (χ2n) is 5.24. The lowest BCUT2D eigenvalue weighted by molar-refractivity contribution is -0.132. The van der Waals surface area contributed by atoms with Crippen LogP contribution in [0.25, 0.3) is 0 Å². The number of aliphatic hydroxyl groups excluding tert-OH is 1. The van der Waals surface area contributed by atoms with Gasteiger partial charge in [0.25, 0.3) is 0 Å². The number of likely N-dealkylation sites (tertiary alicyclic amines) is 1. The number of carbonyl (C=O) groups is 1. The molecule has 1 fully saturated rings. The molecular weight excluding hydrogens is 238 g/mol. The second-order valence-corrected chi connectivity index (χ2v) is 5.24. The fourth-order valence-corrected chi connectivity index (χ4v) is 2.69. The molecule has 1 aliphatic heterocycles. The van der Waals surface area contributed by atoms with Crippen molar-refractivity contribution < 1.29 is 9.90 Å². The summed E-state index contributed by atoms with van der Waals surface area (Å²) in [5, 5.41) is 9.23. The Morgan fingerprint density at radius 3 is 2.63 bits per heavy atom. The molecule has 0 spiro atoms. The zero-order chi connectivity index (χ0) is 13.7. The Hall–Kier alpha value is -1.35. The van der Waals surface area contributed by atoms with Crippen molar-refractivity contribution in [1.29, 1.82) is 0 Å². The van der Waals surface area contributed by atoms with E-state index in [9.17, 15) is 9.90 Å². The highest BCUT2D eigenvalue weighted by molar-refractivity contribution is 5.77. The quantitative estimate of drug-likeness (QED) is 0.882. The molecule has 1 heterocycles. The van der Waals surface area contributed by atoms with Crippen molar-refractivity contribution in [3.05, 3.63) is 35.4 Å². The Kier molecular flexibility index (Phi) is 4.97. The highest BCUT2D eigenvalue weighted by Crippen LogP contribution is 2.18. The van der Waals surface area contributed by atoms with E-state index in [-0.39, 0.29) is 18.6 Å². The van der Waals surface area contributed by atoms with E-state index >= 15 is 0 Å². The maximum atomic E-state index is 12.1. The fourth-order valence-electron chi connectivity index (χ4n) is 2.69. The summed E-state index contributed by atoms with van der Waals surface area (Å²) in [6.45, 7) is 3.04. The highest BCUT2D eigenvalue weighted by atomic mass is 16.3. The van der Waals surface area contributed by atoms with Crippen molar-refractivity contribution >= 4 is 5.91 Å². The predicted octanol–water partition coefficient (Wildman–Crippen LogP) is 2.16. The van der Waals surface area contributed by atoms with Crippen LogP contribution in [0.5, 0.6) is 0 Å². The van der Waals surface area contributed by atoms with E-state index in [4.69, 9.17) is 0 Å². The molecule has 1 N–H and O–H groups in total. The van der Waals surface area contributed by atoms with Crippen molar-refractivity contribution in [3.63, 3.8) is 0 Å². The van der Waals surface area contributed by atoms with Crippen LogP contribution in [0.15, 0.2) is 24.3 Å². The van der Waals surface area contributed by atoms with Crippen LogP contribution >= 0.6 is 0 Å². The maximum Gasteiger partial charge on any atom is 0.223 e. The molecule has 1 atom stereocenters. The van der Waals surface area contributed by atoms with Crippen molar-refractivity contribution in [2.45, 2.75) is 45.1 Å². The van der Waals surface area contributed by atoms with Gasteiger partial charge in [0.15, 0.2) is 0 Å². The van der Waals surface area contributed by atoms with Gasteiger partial charge >= 0.3 is 0 Å². The summed E-state index contributed by atoms with van der Waals surface area (Å²) < 4.78 is 0. The number of aryl methyl sites for hydroxylation is 2. The van der Waals surface area contributed by atoms with Gasteiger partial charge < -0.3 is 10.0 Å². The first-order chi connectivity index (χ1) is 9.24. The minimum Gasteiger partial charge on any atom is -0.394 e. The van der Waals surface area contributed by atoms with Crippen LogP contribution in [0.1, 0.15) is 37.3 Å². The van der Waals surface area contributed by atoms with Crippen LogP contribution in [-0.4, -0.2) is 35.1 Å². The van der Waals surface area contributed by atoms with E-state index in [1.165, 1.54) is 11.1 Å². The summed E-state index contributed by atoms with van der Waals surface area (Å²) in [5.41, 5.74) is 2.54. The van der Waals surface area contributed by atoms with Gasteiger partial charge in [-0.05, 0) is 36.8 Å². The molecule has 0 bridgehead atoms. The Morgan fingerprint density at radius 2 is 2.00 bits per heavy atom. The van der Waals surface area contributed by atoms with Crippen LogP contribution in [0.2, 0.25) is 0 Å². The van der Waals surface area contributed by atoms with Crippen molar-refractivity contribution in [2.75, 3.05) is 13.2 Å². The van der Waals surface area contributed by atoms with Gasteiger partial charge in [0.1, 0.15) is 0 Å².